The molecule has 2 aromatic carbocycles. The van der Waals surface area contributed by atoms with Gasteiger partial charge >= 0.3 is 0 Å². The van der Waals surface area contributed by atoms with Gasteiger partial charge in [0.15, 0.2) is 0 Å². The van der Waals surface area contributed by atoms with Crippen LogP contribution in [0.1, 0.15) is 6.92 Å². The number of ether oxygens (including phenoxy) is 1. The summed E-state index contributed by atoms with van der Waals surface area (Å²) in [6.45, 7) is 1.33. The first-order valence-corrected chi connectivity index (χ1v) is 6.97. The Hall–Kier alpha value is -3.69. The Labute approximate surface area is 141 Å². The molecule has 0 saturated carbocycles. The van der Waals surface area contributed by atoms with Crippen LogP contribution in [0.3, 0.4) is 0 Å². The van der Waals surface area contributed by atoms with E-state index in [-0.39, 0.29) is 17.3 Å². The number of nitrogens with zero attached hydrogens (tertiary/aromatic N) is 2. The van der Waals surface area contributed by atoms with E-state index in [0.717, 1.165) is 12.1 Å². The molecule has 0 aliphatic heterocycles. The number of non-ortho nitro benzene ring substituents is 1. The number of carbonyl (C=O) groups excluding carboxylic acids is 1. The van der Waals surface area contributed by atoms with Gasteiger partial charge in [-0.05, 0) is 24.3 Å². The van der Waals surface area contributed by atoms with Crippen molar-refractivity contribution in [1.29, 1.82) is 0 Å². The Morgan fingerprint density at radius 1 is 1.04 bits per heavy atom. The highest BCUT2D eigenvalue weighted by atomic mass is 16.6. The summed E-state index contributed by atoms with van der Waals surface area (Å²) in [5, 5.41) is 27.3. The van der Waals surface area contributed by atoms with Gasteiger partial charge in [0, 0.05) is 18.7 Å². The normalized spacial score (nSPS) is 10.0. The van der Waals surface area contributed by atoms with Crippen molar-refractivity contribution in [3.05, 3.63) is 56.6 Å². The fourth-order valence-corrected chi connectivity index (χ4v) is 2.12. The van der Waals surface area contributed by atoms with E-state index in [1.165, 1.54) is 26.2 Å². The van der Waals surface area contributed by atoms with E-state index in [1.54, 1.807) is 12.1 Å². The maximum absolute atomic E-state index is 11.3. The summed E-state index contributed by atoms with van der Waals surface area (Å²) >= 11 is 0. The number of amides is 1. The molecule has 10 heteroatoms. The van der Waals surface area contributed by atoms with E-state index in [0.29, 0.717) is 17.1 Å². The van der Waals surface area contributed by atoms with E-state index < -0.39 is 15.5 Å². The average Bonchev–Trinajstić information content (AvgIpc) is 2.54. The van der Waals surface area contributed by atoms with E-state index >= 15 is 0 Å². The second-order valence-corrected chi connectivity index (χ2v) is 4.94. The summed E-state index contributed by atoms with van der Waals surface area (Å²) < 4.78 is 5.13. The van der Waals surface area contributed by atoms with E-state index in [4.69, 9.17) is 4.74 Å². The summed E-state index contributed by atoms with van der Waals surface area (Å²) in [6.07, 6.45) is 0. The number of benzene rings is 2. The number of methoxy groups -OCH3 is 1. The predicted octanol–water partition coefficient (Wildman–Crippen LogP) is 3.21. The van der Waals surface area contributed by atoms with Gasteiger partial charge in [-0.3, -0.25) is 25.0 Å². The van der Waals surface area contributed by atoms with Gasteiger partial charge in [0.2, 0.25) is 5.91 Å². The standard InChI is InChI=1S/C15H14N4O6/c1-9(20)16-13-7-10(3-6-15(13)25-2)17-12-5-4-11(18(21)22)8-14(12)19(23)24/h3-8,17H,1-2H3,(H,16,20). The zero-order valence-corrected chi connectivity index (χ0v) is 13.3. The summed E-state index contributed by atoms with van der Waals surface area (Å²) in [5.74, 6) is 0.107. The molecule has 1 amide bonds. The Morgan fingerprint density at radius 2 is 1.76 bits per heavy atom. The van der Waals surface area contributed by atoms with Crippen LogP contribution in [-0.4, -0.2) is 22.9 Å². The Bertz CT molecular complexity index is 852. The van der Waals surface area contributed by atoms with Crippen LogP contribution < -0.4 is 15.4 Å². The second-order valence-electron chi connectivity index (χ2n) is 4.94. The monoisotopic (exact) mass is 346 g/mol. The number of carbonyl (C=O) groups is 1. The van der Waals surface area contributed by atoms with Crippen molar-refractivity contribution in [3.63, 3.8) is 0 Å². The lowest BCUT2D eigenvalue weighted by atomic mass is 10.2. The summed E-state index contributed by atoms with van der Waals surface area (Å²) in [5.41, 5.74) is 0.0672. The molecule has 2 N–H and O–H groups in total. The van der Waals surface area contributed by atoms with Crippen molar-refractivity contribution in [2.45, 2.75) is 6.92 Å². The largest absolute Gasteiger partial charge is 0.495 e. The molecule has 0 unspecified atom stereocenters. The van der Waals surface area contributed by atoms with Gasteiger partial charge in [-0.2, -0.15) is 0 Å². The van der Waals surface area contributed by atoms with Crippen molar-refractivity contribution < 1.29 is 19.4 Å². The molecule has 0 bridgehead atoms. The average molecular weight is 346 g/mol. The number of nitro benzene ring substituents is 2. The van der Waals surface area contributed by atoms with Gasteiger partial charge in [-0.25, -0.2) is 0 Å². The zero-order valence-electron chi connectivity index (χ0n) is 13.3. The van der Waals surface area contributed by atoms with Gasteiger partial charge in [0.25, 0.3) is 11.4 Å². The predicted molar refractivity (Wildman–Crippen MR) is 90.3 cm³/mol. The highest BCUT2D eigenvalue weighted by molar-refractivity contribution is 5.91. The van der Waals surface area contributed by atoms with Gasteiger partial charge in [-0.15, -0.1) is 0 Å². The molecule has 2 rings (SSSR count). The molecule has 0 saturated heterocycles. The molecule has 0 aliphatic rings. The fraction of sp³-hybridized carbons (Fsp3) is 0.133. The van der Waals surface area contributed by atoms with Crippen LogP contribution >= 0.6 is 0 Å². The van der Waals surface area contributed by atoms with E-state index in [1.807, 2.05) is 0 Å². The minimum Gasteiger partial charge on any atom is -0.495 e. The zero-order chi connectivity index (χ0) is 18.6. The first-order valence-electron chi connectivity index (χ1n) is 6.97. The molecule has 0 radical (unpaired) electrons. The van der Waals surface area contributed by atoms with Crippen LogP contribution in [0.2, 0.25) is 0 Å². The minimum absolute atomic E-state index is 0.0783. The first-order chi connectivity index (χ1) is 11.8. The topological polar surface area (TPSA) is 137 Å². The maximum atomic E-state index is 11.3. The number of nitro groups is 2. The number of hydrogen-bond donors (Lipinski definition) is 2. The fourth-order valence-electron chi connectivity index (χ4n) is 2.12. The molecule has 0 fully saturated rings. The van der Waals surface area contributed by atoms with Crippen LogP contribution in [-0.2, 0) is 4.79 Å². The molecular formula is C15H14N4O6. The Morgan fingerprint density at radius 3 is 2.32 bits per heavy atom. The number of rotatable bonds is 6. The summed E-state index contributed by atoms with van der Waals surface area (Å²) in [4.78, 5) is 31.8. The summed E-state index contributed by atoms with van der Waals surface area (Å²) in [7, 11) is 1.44. The van der Waals surface area contributed by atoms with E-state index in [9.17, 15) is 25.0 Å². The quantitative estimate of drug-likeness (QED) is 0.605. The van der Waals surface area contributed by atoms with E-state index in [2.05, 4.69) is 10.6 Å². The van der Waals surface area contributed by atoms with Crippen molar-refractivity contribution in [2.75, 3.05) is 17.7 Å². The molecule has 25 heavy (non-hydrogen) atoms. The SMILES string of the molecule is COc1ccc(Nc2ccc([N+](=O)[O-])cc2[N+](=O)[O-])cc1NC(C)=O. The van der Waals surface area contributed by atoms with Crippen LogP contribution in [0, 0.1) is 20.2 Å². The van der Waals surface area contributed by atoms with Crippen molar-refractivity contribution >= 4 is 34.3 Å². The lowest BCUT2D eigenvalue weighted by Gasteiger charge is -2.12. The lowest BCUT2D eigenvalue weighted by molar-refractivity contribution is -0.393. The highest BCUT2D eigenvalue weighted by Crippen LogP contribution is 2.34. The van der Waals surface area contributed by atoms with Crippen LogP contribution in [0.25, 0.3) is 0 Å². The maximum Gasteiger partial charge on any atom is 0.299 e. The smallest absolute Gasteiger partial charge is 0.299 e. The van der Waals surface area contributed by atoms with Crippen LogP contribution in [0.5, 0.6) is 5.75 Å². The molecule has 0 atom stereocenters. The number of hydrogen-bond acceptors (Lipinski definition) is 7. The number of anilines is 3. The van der Waals surface area contributed by atoms with Crippen molar-refractivity contribution in [2.24, 2.45) is 0 Å². The third-order valence-electron chi connectivity index (χ3n) is 3.18. The molecule has 0 spiro atoms. The Balaban J connectivity index is 2.40. The molecule has 0 heterocycles. The third kappa shape index (κ3) is 4.19. The van der Waals surface area contributed by atoms with Gasteiger partial charge in [0.1, 0.15) is 11.4 Å². The molecular weight excluding hydrogens is 332 g/mol. The second kappa shape index (κ2) is 7.25. The van der Waals surface area contributed by atoms with Crippen molar-refractivity contribution in [1.82, 2.24) is 0 Å². The third-order valence-corrected chi connectivity index (χ3v) is 3.18. The molecule has 130 valence electrons. The number of nitrogens with one attached hydrogen (secondary N) is 2. The summed E-state index contributed by atoms with van der Waals surface area (Å²) in [6, 6.07) is 7.98. The van der Waals surface area contributed by atoms with Gasteiger partial charge in [0.05, 0.1) is 28.7 Å². The first kappa shape index (κ1) is 17.7. The van der Waals surface area contributed by atoms with Gasteiger partial charge < -0.3 is 15.4 Å². The van der Waals surface area contributed by atoms with Crippen LogP contribution in [0.4, 0.5) is 28.4 Å². The lowest BCUT2D eigenvalue weighted by Crippen LogP contribution is -2.07. The molecule has 0 aromatic heterocycles. The highest BCUT2D eigenvalue weighted by Gasteiger charge is 2.20. The molecule has 10 nitrogen and oxygen atoms in total. The van der Waals surface area contributed by atoms with Crippen LogP contribution in [0.15, 0.2) is 36.4 Å². The molecule has 2 aromatic rings. The Kier molecular flexibility index (Phi) is 5.12. The van der Waals surface area contributed by atoms with Crippen molar-refractivity contribution in [3.8, 4) is 5.75 Å². The minimum atomic E-state index is -0.715. The molecule has 0 aliphatic carbocycles. The van der Waals surface area contributed by atoms with Gasteiger partial charge in [-0.1, -0.05) is 0 Å².